The second-order valence-corrected chi connectivity index (χ2v) is 17.9. The molecule has 0 radical (unpaired) electrons. The number of carbonyl (C=O) groups excluding carboxylic acids is 1. The third-order valence-corrected chi connectivity index (χ3v) is 10.8. The van der Waals surface area contributed by atoms with Crippen LogP contribution in [0.15, 0.2) is 12.2 Å². The van der Waals surface area contributed by atoms with E-state index < -0.39 is 13.9 Å². The van der Waals surface area contributed by atoms with Gasteiger partial charge in [0.25, 0.3) is 0 Å². The SMILES string of the molecule is CCCCCC/C=C\CCCCCCCC(=O)OC(COCCCCCCCCCCCCCCCCCCCC)COP(=O)(O)OCC[N+](C)(C)C. The highest BCUT2D eigenvalue weighted by Gasteiger charge is 2.26. The van der Waals surface area contributed by atoms with Gasteiger partial charge in [-0.25, -0.2) is 4.57 Å². The van der Waals surface area contributed by atoms with Crippen LogP contribution >= 0.6 is 7.82 Å². The number of likely N-dealkylation sites (N-methyl/N-ethyl adjacent to an activating group) is 1. The van der Waals surface area contributed by atoms with Gasteiger partial charge in [-0.3, -0.25) is 13.8 Å². The molecular weight excluding hydrogens is 685 g/mol. The van der Waals surface area contributed by atoms with Crippen molar-refractivity contribution < 1.29 is 37.3 Å². The summed E-state index contributed by atoms with van der Waals surface area (Å²) in [4.78, 5) is 22.9. The van der Waals surface area contributed by atoms with Gasteiger partial charge in [-0.15, -0.1) is 0 Å². The van der Waals surface area contributed by atoms with Crippen LogP contribution in [-0.2, 0) is 27.9 Å². The summed E-state index contributed by atoms with van der Waals surface area (Å²) >= 11 is 0. The molecule has 0 amide bonds. The van der Waals surface area contributed by atoms with Crippen molar-refractivity contribution in [3.8, 4) is 0 Å². The lowest BCUT2D eigenvalue weighted by molar-refractivity contribution is -0.870. The number of ether oxygens (including phenoxy) is 2. The third-order valence-electron chi connectivity index (χ3n) is 9.83. The first-order valence-electron chi connectivity index (χ1n) is 22.4. The second kappa shape index (κ2) is 38.1. The molecule has 0 aliphatic rings. The van der Waals surface area contributed by atoms with Crippen LogP contribution in [-0.4, -0.2) is 75.6 Å². The lowest BCUT2D eigenvalue weighted by Crippen LogP contribution is -2.37. The van der Waals surface area contributed by atoms with Crippen molar-refractivity contribution in [3.05, 3.63) is 12.2 Å². The molecule has 0 bridgehead atoms. The molecule has 0 saturated heterocycles. The fraction of sp³-hybridized carbons (Fsp3) is 0.932. The van der Waals surface area contributed by atoms with Crippen LogP contribution in [0.4, 0.5) is 0 Å². The maximum atomic E-state index is 12.7. The minimum atomic E-state index is -4.27. The number of esters is 1. The van der Waals surface area contributed by atoms with Crippen LogP contribution in [0.1, 0.15) is 206 Å². The maximum absolute atomic E-state index is 12.7. The number of rotatable bonds is 42. The predicted molar refractivity (Wildman–Crippen MR) is 224 cm³/mol. The molecule has 316 valence electrons. The van der Waals surface area contributed by atoms with Gasteiger partial charge >= 0.3 is 13.8 Å². The zero-order chi connectivity index (χ0) is 39.1. The summed E-state index contributed by atoms with van der Waals surface area (Å²) < 4.78 is 35.0. The summed E-state index contributed by atoms with van der Waals surface area (Å²) in [6, 6.07) is 0. The van der Waals surface area contributed by atoms with E-state index in [-0.39, 0.29) is 25.8 Å². The molecule has 2 unspecified atom stereocenters. The topological polar surface area (TPSA) is 91.3 Å². The zero-order valence-corrected chi connectivity index (χ0v) is 36.7. The minimum Gasteiger partial charge on any atom is -0.457 e. The standard InChI is InChI=1S/C44H88NO7P/c1-6-8-10-12-14-16-18-20-21-22-23-24-26-28-30-32-34-36-39-49-41-43(42-51-53(47,48)50-40-38-45(3,4)5)52-44(46)37-35-33-31-29-27-25-19-17-15-13-11-9-7-2/h17,19,43H,6-16,18,20-42H2,1-5H3/p+1/b19-17-. The van der Waals surface area contributed by atoms with E-state index in [4.69, 9.17) is 18.5 Å². The van der Waals surface area contributed by atoms with E-state index in [9.17, 15) is 14.3 Å². The largest absolute Gasteiger partial charge is 0.472 e. The summed E-state index contributed by atoms with van der Waals surface area (Å²) in [7, 11) is 1.67. The number of hydrogen-bond donors (Lipinski definition) is 1. The molecule has 0 aromatic heterocycles. The highest BCUT2D eigenvalue weighted by atomic mass is 31.2. The summed E-state index contributed by atoms with van der Waals surface area (Å²) in [6.07, 6.45) is 41.0. The van der Waals surface area contributed by atoms with E-state index in [0.717, 1.165) is 38.5 Å². The van der Waals surface area contributed by atoms with Crippen LogP contribution in [0.3, 0.4) is 0 Å². The van der Waals surface area contributed by atoms with Crippen molar-refractivity contribution in [3.63, 3.8) is 0 Å². The number of phosphoric ester groups is 1. The lowest BCUT2D eigenvalue weighted by atomic mass is 10.0. The molecule has 0 aromatic rings. The van der Waals surface area contributed by atoms with Gasteiger partial charge in [-0.2, -0.15) is 0 Å². The Kier molecular flexibility index (Phi) is 37.6. The number of carbonyl (C=O) groups is 1. The van der Waals surface area contributed by atoms with E-state index in [1.807, 2.05) is 21.1 Å². The Morgan fingerprint density at radius 1 is 0.566 bits per heavy atom. The smallest absolute Gasteiger partial charge is 0.457 e. The molecule has 9 heteroatoms. The monoisotopic (exact) mass is 775 g/mol. The average molecular weight is 775 g/mol. The number of quaternary nitrogens is 1. The molecule has 0 aliphatic carbocycles. The Morgan fingerprint density at radius 3 is 1.45 bits per heavy atom. The first-order chi connectivity index (χ1) is 25.6. The quantitative estimate of drug-likeness (QED) is 0.0217. The van der Waals surface area contributed by atoms with Gasteiger partial charge in [0.1, 0.15) is 19.3 Å². The molecular formula is C44H89NO7P+. The van der Waals surface area contributed by atoms with Gasteiger partial charge in [0.2, 0.25) is 0 Å². The molecule has 0 aromatic carbocycles. The van der Waals surface area contributed by atoms with Crippen molar-refractivity contribution in [2.45, 2.75) is 213 Å². The van der Waals surface area contributed by atoms with Crippen molar-refractivity contribution in [2.75, 3.05) is 54.1 Å². The van der Waals surface area contributed by atoms with E-state index in [1.54, 1.807) is 0 Å². The van der Waals surface area contributed by atoms with Crippen LogP contribution < -0.4 is 0 Å². The van der Waals surface area contributed by atoms with Gasteiger partial charge in [0.15, 0.2) is 0 Å². The Bertz CT molecular complexity index is 863. The zero-order valence-electron chi connectivity index (χ0n) is 35.8. The van der Waals surface area contributed by atoms with Gasteiger partial charge < -0.3 is 18.9 Å². The number of nitrogens with zero attached hydrogens (tertiary/aromatic N) is 1. The molecule has 0 fully saturated rings. The Morgan fingerprint density at radius 2 is 0.981 bits per heavy atom. The first-order valence-corrected chi connectivity index (χ1v) is 23.9. The van der Waals surface area contributed by atoms with Crippen molar-refractivity contribution in [2.24, 2.45) is 0 Å². The molecule has 0 spiro atoms. The van der Waals surface area contributed by atoms with Gasteiger partial charge in [0, 0.05) is 13.0 Å². The molecule has 1 N–H and O–H groups in total. The molecule has 53 heavy (non-hydrogen) atoms. The van der Waals surface area contributed by atoms with Gasteiger partial charge in [-0.1, -0.05) is 174 Å². The fourth-order valence-electron chi connectivity index (χ4n) is 6.31. The summed E-state index contributed by atoms with van der Waals surface area (Å²) in [6.45, 7) is 5.64. The highest BCUT2D eigenvalue weighted by molar-refractivity contribution is 7.47. The molecule has 0 saturated carbocycles. The molecule has 0 aliphatic heterocycles. The van der Waals surface area contributed by atoms with Crippen LogP contribution in [0.2, 0.25) is 0 Å². The van der Waals surface area contributed by atoms with Crippen molar-refractivity contribution in [1.82, 2.24) is 0 Å². The Balaban J connectivity index is 4.17. The van der Waals surface area contributed by atoms with E-state index in [0.29, 0.717) is 24.1 Å². The molecule has 0 rings (SSSR count). The number of unbranched alkanes of at least 4 members (excludes halogenated alkanes) is 26. The van der Waals surface area contributed by atoms with Crippen LogP contribution in [0, 0.1) is 0 Å². The predicted octanol–water partition coefficient (Wildman–Crippen LogP) is 13.1. The minimum absolute atomic E-state index is 0.0902. The highest BCUT2D eigenvalue weighted by Crippen LogP contribution is 2.43. The summed E-state index contributed by atoms with van der Waals surface area (Å²) in [5.74, 6) is -0.319. The second-order valence-electron chi connectivity index (χ2n) is 16.4. The molecule has 0 heterocycles. The molecule has 8 nitrogen and oxygen atoms in total. The van der Waals surface area contributed by atoms with Crippen LogP contribution in [0.5, 0.6) is 0 Å². The average Bonchev–Trinajstić information content (AvgIpc) is 3.11. The normalized spacial score (nSPS) is 13.8. The van der Waals surface area contributed by atoms with E-state index in [2.05, 4.69) is 26.0 Å². The summed E-state index contributed by atoms with van der Waals surface area (Å²) in [5.41, 5.74) is 0. The van der Waals surface area contributed by atoms with Crippen molar-refractivity contribution in [1.29, 1.82) is 0 Å². The first kappa shape index (κ1) is 52.2. The number of phosphoric acid groups is 1. The fourth-order valence-corrected chi connectivity index (χ4v) is 7.05. The maximum Gasteiger partial charge on any atom is 0.472 e. The van der Waals surface area contributed by atoms with Crippen LogP contribution in [0.25, 0.3) is 0 Å². The van der Waals surface area contributed by atoms with E-state index in [1.165, 1.54) is 148 Å². The Hall–Kier alpha value is -0.760. The van der Waals surface area contributed by atoms with Crippen molar-refractivity contribution >= 4 is 13.8 Å². The Labute approximate surface area is 329 Å². The van der Waals surface area contributed by atoms with Gasteiger partial charge in [-0.05, 0) is 38.5 Å². The van der Waals surface area contributed by atoms with Gasteiger partial charge in [0.05, 0.1) is 34.4 Å². The van der Waals surface area contributed by atoms with E-state index >= 15 is 0 Å². The number of hydrogen-bond acceptors (Lipinski definition) is 6. The lowest BCUT2D eigenvalue weighted by Gasteiger charge is -2.24. The number of allylic oxidation sites excluding steroid dienone is 2. The summed E-state index contributed by atoms with van der Waals surface area (Å²) in [5, 5.41) is 0. The third kappa shape index (κ3) is 42.2. The molecule has 2 atom stereocenters.